The van der Waals surface area contributed by atoms with Gasteiger partial charge < -0.3 is 4.90 Å². The molecule has 1 amide bonds. The van der Waals surface area contributed by atoms with Crippen LogP contribution in [0.2, 0.25) is 0 Å². The Balaban J connectivity index is 2.69. The lowest BCUT2D eigenvalue weighted by Gasteiger charge is -2.34. The van der Waals surface area contributed by atoms with Crippen LogP contribution in [-0.2, 0) is 11.2 Å². The third kappa shape index (κ3) is 3.70. The fourth-order valence-corrected chi connectivity index (χ4v) is 1.50. The molecule has 1 rings (SSSR count). The summed E-state index contributed by atoms with van der Waals surface area (Å²) in [6.07, 6.45) is 0.261. The van der Waals surface area contributed by atoms with Crippen LogP contribution in [0.5, 0.6) is 0 Å². The second-order valence-electron chi connectivity index (χ2n) is 4.70. The van der Waals surface area contributed by atoms with Crippen LogP contribution in [0, 0.1) is 5.82 Å². The Morgan fingerprint density at radius 2 is 1.88 bits per heavy atom. The molecule has 0 unspecified atom stereocenters. The lowest BCUT2D eigenvalue weighted by atomic mass is 10.0. The van der Waals surface area contributed by atoms with Gasteiger partial charge in [-0.15, -0.1) is 11.6 Å². The summed E-state index contributed by atoms with van der Waals surface area (Å²) in [5.74, 6) is 0.0523. The molecular formula is C13H17ClFNO. The predicted molar refractivity (Wildman–Crippen MR) is 67.7 cm³/mol. The summed E-state index contributed by atoms with van der Waals surface area (Å²) in [6.45, 7) is 3.81. The monoisotopic (exact) mass is 257 g/mol. The van der Waals surface area contributed by atoms with Gasteiger partial charge in [0.2, 0.25) is 5.91 Å². The number of carbonyl (C=O) groups excluding carboxylic acids is 1. The molecule has 0 aliphatic carbocycles. The highest BCUT2D eigenvalue weighted by atomic mass is 35.5. The van der Waals surface area contributed by atoms with E-state index < -0.39 is 0 Å². The fraction of sp³-hybridized carbons (Fsp3) is 0.462. The van der Waals surface area contributed by atoms with Gasteiger partial charge >= 0.3 is 0 Å². The zero-order valence-corrected chi connectivity index (χ0v) is 11.1. The van der Waals surface area contributed by atoms with Gasteiger partial charge in [-0.2, -0.15) is 0 Å². The van der Waals surface area contributed by atoms with E-state index in [2.05, 4.69) is 0 Å². The summed E-state index contributed by atoms with van der Waals surface area (Å²) in [7, 11) is 1.73. The largest absolute Gasteiger partial charge is 0.339 e. The molecule has 0 aliphatic heterocycles. The Morgan fingerprint density at radius 1 is 1.35 bits per heavy atom. The summed E-state index contributed by atoms with van der Waals surface area (Å²) in [6, 6.07) is 5.95. The smallest absolute Gasteiger partial charge is 0.227 e. The number of likely N-dealkylation sites (N-methyl/N-ethyl adjacent to an activating group) is 1. The van der Waals surface area contributed by atoms with Gasteiger partial charge in [0.15, 0.2) is 0 Å². The van der Waals surface area contributed by atoms with E-state index in [0.29, 0.717) is 5.88 Å². The maximum Gasteiger partial charge on any atom is 0.227 e. The first-order chi connectivity index (χ1) is 7.86. The molecule has 0 aliphatic rings. The normalized spacial score (nSPS) is 11.4. The lowest BCUT2D eigenvalue weighted by Crippen LogP contribution is -2.47. The molecule has 0 fully saturated rings. The Labute approximate surface area is 106 Å². The molecule has 1 aromatic carbocycles. The van der Waals surface area contributed by atoms with Crippen molar-refractivity contribution in [2.45, 2.75) is 25.8 Å². The van der Waals surface area contributed by atoms with E-state index in [4.69, 9.17) is 11.6 Å². The van der Waals surface area contributed by atoms with Gasteiger partial charge in [-0.1, -0.05) is 12.1 Å². The minimum atomic E-state index is -0.376. The number of halogens is 2. The summed E-state index contributed by atoms with van der Waals surface area (Å²) >= 11 is 5.81. The highest BCUT2D eigenvalue weighted by Crippen LogP contribution is 2.16. The number of nitrogens with zero attached hydrogens (tertiary/aromatic N) is 1. The van der Waals surface area contributed by atoms with Crippen molar-refractivity contribution in [3.05, 3.63) is 35.6 Å². The standard InChI is InChI=1S/C13H17ClFNO/c1-13(2,9-14)16(3)12(17)8-10-4-6-11(15)7-5-10/h4-7H,8-9H2,1-3H3. The van der Waals surface area contributed by atoms with E-state index in [0.717, 1.165) is 5.56 Å². The highest BCUT2D eigenvalue weighted by molar-refractivity contribution is 6.18. The molecule has 17 heavy (non-hydrogen) atoms. The number of rotatable bonds is 4. The van der Waals surface area contributed by atoms with Gasteiger partial charge in [-0.3, -0.25) is 4.79 Å². The molecule has 0 aromatic heterocycles. The minimum absolute atomic E-state index is 0.0257. The minimum Gasteiger partial charge on any atom is -0.339 e. The molecule has 2 nitrogen and oxygen atoms in total. The Morgan fingerprint density at radius 3 is 2.35 bits per heavy atom. The Kier molecular flexibility index (Phi) is 4.52. The second kappa shape index (κ2) is 5.50. The molecule has 0 saturated carbocycles. The van der Waals surface area contributed by atoms with Crippen molar-refractivity contribution in [2.75, 3.05) is 12.9 Å². The summed E-state index contributed by atoms with van der Waals surface area (Å²) in [4.78, 5) is 13.6. The number of alkyl halides is 1. The van der Waals surface area contributed by atoms with Crippen LogP contribution < -0.4 is 0 Å². The molecule has 0 N–H and O–H groups in total. The zero-order chi connectivity index (χ0) is 13.1. The van der Waals surface area contributed by atoms with E-state index in [9.17, 15) is 9.18 Å². The molecule has 0 atom stereocenters. The van der Waals surface area contributed by atoms with Crippen LogP contribution in [0.4, 0.5) is 4.39 Å². The number of amides is 1. The van der Waals surface area contributed by atoms with Crippen molar-refractivity contribution in [3.8, 4) is 0 Å². The molecule has 94 valence electrons. The van der Waals surface area contributed by atoms with E-state index in [1.807, 2.05) is 13.8 Å². The highest BCUT2D eigenvalue weighted by Gasteiger charge is 2.26. The van der Waals surface area contributed by atoms with Gasteiger partial charge in [0.1, 0.15) is 5.82 Å². The average molecular weight is 258 g/mol. The van der Waals surface area contributed by atoms with Crippen molar-refractivity contribution in [3.63, 3.8) is 0 Å². The predicted octanol–water partition coefficient (Wildman–Crippen LogP) is 2.84. The number of benzene rings is 1. The van der Waals surface area contributed by atoms with E-state index in [1.54, 1.807) is 24.1 Å². The van der Waals surface area contributed by atoms with Crippen LogP contribution in [-0.4, -0.2) is 29.3 Å². The van der Waals surface area contributed by atoms with E-state index in [-0.39, 0.29) is 23.7 Å². The van der Waals surface area contributed by atoms with Crippen molar-refractivity contribution < 1.29 is 9.18 Å². The molecule has 0 heterocycles. The third-order valence-corrected chi connectivity index (χ3v) is 3.53. The van der Waals surface area contributed by atoms with Crippen LogP contribution in [0.3, 0.4) is 0 Å². The van der Waals surface area contributed by atoms with Crippen molar-refractivity contribution in [1.82, 2.24) is 4.90 Å². The van der Waals surface area contributed by atoms with Crippen LogP contribution in [0.25, 0.3) is 0 Å². The molecule has 0 bridgehead atoms. The molecule has 0 saturated heterocycles. The molecule has 0 spiro atoms. The van der Waals surface area contributed by atoms with Crippen molar-refractivity contribution in [1.29, 1.82) is 0 Å². The second-order valence-corrected chi connectivity index (χ2v) is 4.97. The SMILES string of the molecule is CN(C(=O)Cc1ccc(F)cc1)C(C)(C)CCl. The van der Waals surface area contributed by atoms with Crippen LogP contribution >= 0.6 is 11.6 Å². The van der Waals surface area contributed by atoms with Crippen molar-refractivity contribution >= 4 is 17.5 Å². The van der Waals surface area contributed by atoms with Gasteiger partial charge in [0.25, 0.3) is 0 Å². The number of hydrogen-bond donors (Lipinski definition) is 0. The van der Waals surface area contributed by atoms with Gasteiger partial charge in [-0.25, -0.2) is 4.39 Å². The first-order valence-electron chi connectivity index (χ1n) is 5.44. The topological polar surface area (TPSA) is 20.3 Å². The van der Waals surface area contributed by atoms with Crippen LogP contribution in [0.1, 0.15) is 19.4 Å². The Hall–Kier alpha value is -1.09. The summed E-state index contributed by atoms with van der Waals surface area (Å²) in [5, 5.41) is 0. The third-order valence-electron chi connectivity index (χ3n) is 2.88. The molecule has 0 radical (unpaired) electrons. The fourth-order valence-electron chi connectivity index (χ4n) is 1.32. The first-order valence-corrected chi connectivity index (χ1v) is 5.97. The molecule has 4 heteroatoms. The summed E-state index contributed by atoms with van der Waals surface area (Å²) < 4.78 is 12.7. The zero-order valence-electron chi connectivity index (χ0n) is 10.3. The van der Waals surface area contributed by atoms with Gasteiger partial charge in [0, 0.05) is 12.9 Å². The summed E-state index contributed by atoms with van der Waals surface area (Å²) in [5.41, 5.74) is 0.423. The van der Waals surface area contributed by atoms with E-state index in [1.165, 1.54) is 12.1 Å². The van der Waals surface area contributed by atoms with Gasteiger partial charge in [0.05, 0.1) is 12.0 Å². The van der Waals surface area contributed by atoms with Gasteiger partial charge in [-0.05, 0) is 31.5 Å². The maximum atomic E-state index is 12.7. The molecule has 1 aromatic rings. The number of carbonyl (C=O) groups is 1. The average Bonchev–Trinajstić information content (AvgIpc) is 2.31. The molecular weight excluding hydrogens is 241 g/mol. The first kappa shape index (κ1) is 14.0. The lowest BCUT2D eigenvalue weighted by molar-refractivity contribution is -0.133. The quantitative estimate of drug-likeness (QED) is 0.760. The van der Waals surface area contributed by atoms with Crippen molar-refractivity contribution in [2.24, 2.45) is 0 Å². The Bertz CT molecular complexity index is 389. The number of hydrogen-bond acceptors (Lipinski definition) is 1. The van der Waals surface area contributed by atoms with E-state index >= 15 is 0 Å². The maximum absolute atomic E-state index is 12.7. The van der Waals surface area contributed by atoms with Crippen LogP contribution in [0.15, 0.2) is 24.3 Å².